The number of fused-ring (bicyclic) bond motifs is 24. The molecule has 0 bridgehead atoms. The number of rotatable bonds is 6. The third-order valence-electron chi connectivity index (χ3n) is 38.9. The molecule has 9 heteroatoms. The van der Waals surface area contributed by atoms with Crippen LogP contribution in [0.25, 0.3) is 53.2 Å². The summed E-state index contributed by atoms with van der Waals surface area (Å²) in [7, 11) is 0. The first-order chi connectivity index (χ1) is 65.8. The lowest BCUT2D eigenvalue weighted by Crippen LogP contribution is -2.61. The van der Waals surface area contributed by atoms with E-state index in [-0.39, 0.29) is 83.8 Å². The monoisotopic (exact) mass is 1860 g/mol. The molecule has 0 saturated heterocycles. The molecule has 710 valence electrons. The lowest BCUT2D eigenvalue weighted by atomic mass is 9.35. The molecule has 1 unspecified atom stereocenters. The van der Waals surface area contributed by atoms with Gasteiger partial charge in [-0.05, 0) is 411 Å². The van der Waals surface area contributed by atoms with Crippen LogP contribution >= 0.6 is 11.3 Å². The first-order valence-corrected chi connectivity index (χ1v) is 54.2. The molecule has 11 aliphatic rings. The Labute approximate surface area is 838 Å². The molecule has 0 fully saturated rings. The van der Waals surface area contributed by atoms with Gasteiger partial charge in [-0.2, -0.15) is 0 Å². The predicted molar refractivity (Wildman–Crippen MR) is 600 cm³/mol. The van der Waals surface area contributed by atoms with Crippen molar-refractivity contribution < 1.29 is 8.83 Å². The first kappa shape index (κ1) is 89.4. The molecular weight excluding hydrogens is 1720 g/mol. The van der Waals surface area contributed by atoms with E-state index < -0.39 is 0 Å². The zero-order chi connectivity index (χ0) is 97.8. The topological polar surface area (TPSA) is 39.2 Å². The van der Waals surface area contributed by atoms with Crippen molar-refractivity contribution in [2.75, 3.05) is 19.6 Å². The minimum absolute atomic E-state index is 0.00423. The molecule has 4 aliphatic heterocycles. The fourth-order valence-corrected chi connectivity index (χ4v) is 30.7. The average Bonchev–Trinajstić information content (AvgIpc) is 1.40. The second-order valence-corrected chi connectivity index (χ2v) is 55.7. The van der Waals surface area contributed by atoms with E-state index in [9.17, 15) is 0 Å². The van der Waals surface area contributed by atoms with Gasteiger partial charge in [-0.1, -0.05) is 253 Å². The number of nitrogens with zero attached hydrogens (tertiary/aromatic N) is 4. The van der Waals surface area contributed by atoms with Gasteiger partial charge in [0.15, 0.2) is 0 Å². The summed E-state index contributed by atoms with van der Waals surface area (Å²) in [4.78, 5) is 11.0. The van der Waals surface area contributed by atoms with Crippen molar-refractivity contribution >= 4 is 168 Å². The highest BCUT2D eigenvalue weighted by atomic mass is 32.1. The summed E-state index contributed by atoms with van der Waals surface area (Å²) in [5.74, 6) is 0. The smallest absolute Gasteiger partial charge is 0.297 e. The van der Waals surface area contributed by atoms with Crippen LogP contribution in [0, 0.1) is 13.8 Å². The van der Waals surface area contributed by atoms with Gasteiger partial charge in [-0.15, -0.1) is 11.3 Å². The van der Waals surface area contributed by atoms with Gasteiger partial charge >= 0.3 is 0 Å². The van der Waals surface area contributed by atoms with Gasteiger partial charge < -0.3 is 28.4 Å². The van der Waals surface area contributed by atoms with Crippen LogP contribution in [0.2, 0.25) is 0 Å². The van der Waals surface area contributed by atoms with Crippen molar-refractivity contribution in [2.24, 2.45) is 0 Å². The second-order valence-electron chi connectivity index (χ2n) is 54.6. The highest BCUT2D eigenvalue weighted by Crippen LogP contribution is 2.63. The molecule has 12 aromatic carbocycles. The van der Waals surface area contributed by atoms with Crippen LogP contribution in [0.1, 0.15) is 357 Å². The number of anilines is 12. The number of hydrogen-bond acceptors (Lipinski definition) is 7. The Morgan fingerprint density at radius 3 is 1.18 bits per heavy atom. The molecule has 0 radical (unpaired) electrons. The minimum Gasteiger partial charge on any atom is -0.468 e. The standard InChI is InChI=1S/C131H142B2N4O2S/c1-73-55-103-113-105(57-73)136(99-32-29-31-77-60-76-36-37-78(119(3,4)5)61-82(76)111(77)99)102-69-93-96(67-98(102)133(113)118-116(84-65-90-95(71-108(84)139-118)129(24,25)52-48-125(90,16)17)134(103)79-38-41-85-87(62-79)122(10,11)45-43-120(85,6)7)131(28,54-53-130(93,26)27)72-75-35-40-81-110(59-75)140-109-34-30-33-100(112(81)109)137-101-68-92-91(126(18,19)49-50-127(92,20)21)66-97(101)132-114-104(56-74(2)58-106(114)137)135(80-39-42-86-88(63-80)123(12,13)46-44-121(86,8)9)115-83-64-89-94(70-107(83)138-117(115)132)128(22,23)51-47-124(89,14)15/h29-42,55-59,61-71H,43-54,60,72H2,1-28H3. The van der Waals surface area contributed by atoms with Gasteiger partial charge in [-0.25, -0.2) is 0 Å². The lowest BCUT2D eigenvalue weighted by Gasteiger charge is -2.48. The summed E-state index contributed by atoms with van der Waals surface area (Å²) in [6, 6.07) is 76.4. The summed E-state index contributed by atoms with van der Waals surface area (Å²) in [6.45, 7) is 69.0. The summed E-state index contributed by atoms with van der Waals surface area (Å²) < 4.78 is 18.8. The van der Waals surface area contributed by atoms with E-state index in [2.05, 4.69) is 395 Å². The molecule has 3 aromatic heterocycles. The highest BCUT2D eigenvalue weighted by Gasteiger charge is 2.56. The Balaban J connectivity index is 0.671. The lowest BCUT2D eigenvalue weighted by molar-refractivity contribution is 0.310. The maximum atomic E-state index is 8.17. The third-order valence-corrected chi connectivity index (χ3v) is 40.0. The number of aryl methyl sites for hydroxylation is 2. The predicted octanol–water partition coefficient (Wildman–Crippen LogP) is 32.5. The van der Waals surface area contributed by atoms with Crippen LogP contribution in [0.4, 0.5) is 68.2 Å². The quantitative estimate of drug-likeness (QED) is 0.155. The Hall–Kier alpha value is -10.7. The molecule has 1 atom stereocenters. The molecule has 0 amide bonds. The van der Waals surface area contributed by atoms with E-state index in [0.717, 1.165) is 112 Å². The summed E-state index contributed by atoms with van der Waals surface area (Å²) >= 11 is 1.98. The molecule has 0 N–H and O–H groups in total. The van der Waals surface area contributed by atoms with Crippen molar-refractivity contribution in [1.82, 2.24) is 0 Å². The van der Waals surface area contributed by atoms with Crippen LogP contribution in [0.3, 0.4) is 0 Å². The largest absolute Gasteiger partial charge is 0.468 e. The average molecular weight is 1860 g/mol. The van der Waals surface area contributed by atoms with Crippen LogP contribution in [0.5, 0.6) is 0 Å². The Kier molecular flexibility index (Phi) is 18.2. The molecule has 7 heterocycles. The van der Waals surface area contributed by atoms with E-state index in [1.807, 2.05) is 11.3 Å². The van der Waals surface area contributed by atoms with Crippen molar-refractivity contribution in [2.45, 2.75) is 354 Å². The molecule has 140 heavy (non-hydrogen) atoms. The van der Waals surface area contributed by atoms with Crippen LogP contribution in [-0.4, -0.2) is 13.4 Å². The molecule has 15 aromatic rings. The second kappa shape index (κ2) is 28.4. The van der Waals surface area contributed by atoms with Gasteiger partial charge in [0.25, 0.3) is 13.4 Å². The van der Waals surface area contributed by atoms with E-state index in [0.29, 0.717) is 0 Å². The fourth-order valence-electron chi connectivity index (χ4n) is 29.5. The maximum Gasteiger partial charge on any atom is 0.297 e. The van der Waals surface area contributed by atoms with Crippen LogP contribution in [-0.2, 0) is 83.2 Å². The van der Waals surface area contributed by atoms with Gasteiger partial charge in [0.1, 0.15) is 11.2 Å². The summed E-state index contributed by atoms with van der Waals surface area (Å²) in [5, 5.41) is 5.06. The van der Waals surface area contributed by atoms with Gasteiger partial charge in [0.2, 0.25) is 0 Å². The highest BCUT2D eigenvalue weighted by molar-refractivity contribution is 7.26. The first-order valence-electron chi connectivity index (χ1n) is 53.4. The summed E-state index contributed by atoms with van der Waals surface area (Å²) in [5.41, 5.74) is 51.9. The summed E-state index contributed by atoms with van der Waals surface area (Å²) in [6.07, 6.45) is 15.3. The SMILES string of the molecule is Cc1cc2c3c(c1)N(c1ccc4c(c1)C(C)(C)CCC4(C)C)c1c(oc4cc5c(cc14)C(C)(C)CCC5(C)C)B3c1cc3c(cc1N2c1cccc2c1-c1cc(C(C)(C)C)ccc1C2)C(C)(C)CCC3(C)Cc1ccc2c(c1)sc1cccc(N3c4cc5c(cc4B4c6oc7cc8c(cc7c6N(c6ccc7c(c6)C(C)(C)CCC7(C)C)c6cc(C)cc3c64)C(C)(C)CCC8(C)C)C(C)(C)CCC5(C)C)c12. The molecule has 26 rings (SSSR count). The molecule has 7 aliphatic carbocycles. The van der Waals surface area contributed by atoms with E-state index in [4.69, 9.17) is 8.83 Å². The minimum atomic E-state index is -0.268. The van der Waals surface area contributed by atoms with Crippen molar-refractivity contribution in [3.63, 3.8) is 0 Å². The van der Waals surface area contributed by atoms with Gasteiger partial charge in [0.05, 0.1) is 34.1 Å². The van der Waals surface area contributed by atoms with Crippen LogP contribution < -0.4 is 52.8 Å². The molecule has 0 spiro atoms. The van der Waals surface area contributed by atoms with Crippen LogP contribution in [0.15, 0.2) is 191 Å². The molecular formula is C131H142B2N4O2S. The van der Waals surface area contributed by atoms with E-state index in [1.165, 1.54) is 232 Å². The fraction of sp³-hybridized carbons (Fsp3) is 0.420. The maximum absolute atomic E-state index is 8.17. The Morgan fingerprint density at radius 2 is 0.707 bits per heavy atom. The van der Waals surface area contributed by atoms with Crippen molar-refractivity contribution in [1.29, 1.82) is 0 Å². The number of benzene rings is 12. The Bertz CT molecular complexity index is 8060. The molecule has 0 saturated carbocycles. The number of thiophene rings is 1. The Morgan fingerprint density at radius 1 is 0.314 bits per heavy atom. The van der Waals surface area contributed by atoms with Gasteiger partial charge in [0, 0.05) is 82.0 Å². The van der Waals surface area contributed by atoms with Crippen molar-refractivity contribution in [3.8, 4) is 11.1 Å². The zero-order valence-corrected chi connectivity index (χ0v) is 89.7. The van der Waals surface area contributed by atoms with E-state index in [1.54, 1.807) is 0 Å². The molecule has 6 nitrogen and oxygen atoms in total. The zero-order valence-electron chi connectivity index (χ0n) is 88.9. The van der Waals surface area contributed by atoms with Gasteiger partial charge in [-0.3, -0.25) is 0 Å². The number of furan rings is 2. The normalized spacial score (nSPS) is 21.5. The third kappa shape index (κ3) is 12.5. The van der Waals surface area contributed by atoms with Crippen molar-refractivity contribution in [3.05, 3.63) is 282 Å². The van der Waals surface area contributed by atoms with E-state index >= 15 is 0 Å². The number of hydrogen-bond donors (Lipinski definition) is 0.